The highest BCUT2D eigenvalue weighted by Crippen LogP contribution is 2.22. The number of para-hydroxylation sites is 2. The minimum Gasteiger partial charge on any atom is -0.356 e. The fraction of sp³-hybridized carbons (Fsp3) is 0. The molecule has 3 N–H and O–H groups in total. The predicted molar refractivity (Wildman–Crippen MR) is 118 cm³/mol. The van der Waals surface area contributed by atoms with Crippen LogP contribution >= 0.6 is 0 Å². The van der Waals surface area contributed by atoms with E-state index in [0.717, 1.165) is 11.4 Å². The first-order valence-electron chi connectivity index (χ1n) is 9.18. The third-order valence-electron chi connectivity index (χ3n) is 4.22. The standard InChI is InChI=1S/C24H16N6O/c25-14-17(15-26)23(16-27)30-22-9-5-4-8-21(22)24(31)29-20-12-10-19(11-13-20)28-18-6-2-1-3-7-18/h1-13,28,30H,(H,29,31). The Morgan fingerprint density at radius 1 is 0.645 bits per heavy atom. The zero-order valence-electron chi connectivity index (χ0n) is 16.3. The second-order valence-corrected chi connectivity index (χ2v) is 6.28. The number of anilines is 4. The molecule has 3 aromatic rings. The molecule has 1 amide bonds. The van der Waals surface area contributed by atoms with Crippen molar-refractivity contribution in [3.8, 4) is 18.2 Å². The zero-order chi connectivity index (χ0) is 22.1. The van der Waals surface area contributed by atoms with Gasteiger partial charge in [0.1, 0.15) is 23.9 Å². The number of rotatable bonds is 6. The average Bonchev–Trinajstić information content (AvgIpc) is 2.81. The van der Waals surface area contributed by atoms with Crippen LogP contribution in [0.4, 0.5) is 22.7 Å². The maximum atomic E-state index is 12.8. The van der Waals surface area contributed by atoms with Gasteiger partial charge in [-0.1, -0.05) is 30.3 Å². The Labute approximate surface area is 179 Å². The molecule has 0 saturated carbocycles. The highest BCUT2D eigenvalue weighted by atomic mass is 16.1. The van der Waals surface area contributed by atoms with E-state index in [0.29, 0.717) is 11.4 Å². The first kappa shape index (κ1) is 20.7. The number of amides is 1. The molecule has 0 unspecified atom stereocenters. The fourth-order valence-electron chi connectivity index (χ4n) is 2.73. The molecule has 0 fully saturated rings. The number of allylic oxidation sites excluding steroid dienone is 2. The van der Waals surface area contributed by atoms with Crippen molar-refractivity contribution in [3.05, 3.63) is 95.7 Å². The molecule has 0 spiro atoms. The largest absolute Gasteiger partial charge is 0.356 e. The van der Waals surface area contributed by atoms with Gasteiger partial charge >= 0.3 is 0 Å². The Morgan fingerprint density at radius 3 is 1.87 bits per heavy atom. The van der Waals surface area contributed by atoms with Crippen LogP contribution in [0.5, 0.6) is 0 Å². The van der Waals surface area contributed by atoms with Crippen LogP contribution in [-0.4, -0.2) is 5.91 Å². The molecule has 3 aromatic carbocycles. The first-order chi connectivity index (χ1) is 15.1. The second-order valence-electron chi connectivity index (χ2n) is 6.28. The van der Waals surface area contributed by atoms with Crippen molar-refractivity contribution < 1.29 is 4.79 Å². The third kappa shape index (κ3) is 5.26. The molecule has 0 aromatic heterocycles. The smallest absolute Gasteiger partial charge is 0.257 e. The van der Waals surface area contributed by atoms with Crippen LogP contribution in [0.3, 0.4) is 0 Å². The van der Waals surface area contributed by atoms with Crippen molar-refractivity contribution in [1.82, 2.24) is 0 Å². The molecule has 0 heterocycles. The van der Waals surface area contributed by atoms with Gasteiger partial charge in [-0.15, -0.1) is 0 Å². The van der Waals surface area contributed by atoms with Crippen molar-refractivity contribution in [2.75, 3.05) is 16.0 Å². The Morgan fingerprint density at radius 2 is 1.23 bits per heavy atom. The molecular formula is C24H16N6O. The van der Waals surface area contributed by atoms with Gasteiger partial charge in [0.25, 0.3) is 5.91 Å². The molecule has 0 aliphatic rings. The van der Waals surface area contributed by atoms with Crippen LogP contribution in [0.2, 0.25) is 0 Å². The molecule has 0 bridgehead atoms. The number of nitrogens with one attached hydrogen (secondary N) is 3. The Hall–Kier alpha value is -5.06. The lowest BCUT2D eigenvalue weighted by Gasteiger charge is -2.12. The second kappa shape index (κ2) is 9.93. The molecule has 3 rings (SSSR count). The van der Waals surface area contributed by atoms with Crippen LogP contribution in [-0.2, 0) is 0 Å². The number of benzene rings is 3. The molecule has 0 saturated heterocycles. The number of carbonyl (C=O) groups is 1. The Balaban J connectivity index is 1.76. The minimum atomic E-state index is -0.403. The van der Waals surface area contributed by atoms with Crippen LogP contribution < -0.4 is 16.0 Å². The Bertz CT molecular complexity index is 1230. The van der Waals surface area contributed by atoms with Crippen molar-refractivity contribution in [1.29, 1.82) is 15.8 Å². The lowest BCUT2D eigenvalue weighted by atomic mass is 10.1. The topological polar surface area (TPSA) is 125 Å². The number of hydrogen-bond donors (Lipinski definition) is 3. The summed E-state index contributed by atoms with van der Waals surface area (Å²) in [6, 6.07) is 28.6. The van der Waals surface area contributed by atoms with E-state index in [2.05, 4.69) is 16.0 Å². The molecule has 7 nitrogen and oxygen atoms in total. The van der Waals surface area contributed by atoms with Gasteiger partial charge in [0, 0.05) is 17.1 Å². The summed E-state index contributed by atoms with van der Waals surface area (Å²) in [7, 11) is 0. The van der Waals surface area contributed by atoms with Gasteiger partial charge < -0.3 is 16.0 Å². The van der Waals surface area contributed by atoms with E-state index in [4.69, 9.17) is 10.5 Å². The highest BCUT2D eigenvalue weighted by molar-refractivity contribution is 6.08. The number of nitrogens with zero attached hydrogens (tertiary/aromatic N) is 3. The third-order valence-corrected chi connectivity index (χ3v) is 4.22. The lowest BCUT2D eigenvalue weighted by molar-refractivity contribution is 0.102. The molecular weight excluding hydrogens is 388 g/mol. The molecule has 0 radical (unpaired) electrons. The summed E-state index contributed by atoms with van der Waals surface area (Å²) < 4.78 is 0. The lowest BCUT2D eigenvalue weighted by Crippen LogP contribution is -2.15. The number of carbonyl (C=O) groups excluding carboxylic acids is 1. The summed E-state index contributed by atoms with van der Waals surface area (Å²) in [6.45, 7) is 0. The fourth-order valence-corrected chi connectivity index (χ4v) is 2.73. The zero-order valence-corrected chi connectivity index (χ0v) is 16.3. The minimum absolute atomic E-state index is 0.221. The van der Waals surface area contributed by atoms with Gasteiger partial charge in [-0.05, 0) is 48.5 Å². The van der Waals surface area contributed by atoms with E-state index < -0.39 is 5.91 Å². The molecule has 0 aliphatic heterocycles. The average molecular weight is 404 g/mol. The molecule has 148 valence electrons. The summed E-state index contributed by atoms with van der Waals surface area (Å²) in [5.41, 5.74) is 2.40. The first-order valence-corrected chi connectivity index (χ1v) is 9.18. The summed E-state index contributed by atoms with van der Waals surface area (Å²) in [4.78, 5) is 12.8. The van der Waals surface area contributed by atoms with Gasteiger partial charge in [0.15, 0.2) is 5.57 Å². The quantitative estimate of drug-likeness (QED) is 0.501. The van der Waals surface area contributed by atoms with E-state index >= 15 is 0 Å². The Kier molecular flexibility index (Phi) is 6.62. The van der Waals surface area contributed by atoms with Crippen molar-refractivity contribution in [2.24, 2.45) is 0 Å². The van der Waals surface area contributed by atoms with Crippen LogP contribution in [0.25, 0.3) is 0 Å². The number of hydrogen-bond acceptors (Lipinski definition) is 6. The number of nitriles is 3. The van der Waals surface area contributed by atoms with Crippen LogP contribution in [0.15, 0.2) is 90.1 Å². The van der Waals surface area contributed by atoms with Gasteiger partial charge in [-0.3, -0.25) is 4.79 Å². The summed E-state index contributed by atoms with van der Waals surface area (Å²) in [6.07, 6.45) is 0. The van der Waals surface area contributed by atoms with E-state index in [-0.39, 0.29) is 16.8 Å². The summed E-state index contributed by atoms with van der Waals surface area (Å²) >= 11 is 0. The van der Waals surface area contributed by atoms with Crippen LogP contribution in [0.1, 0.15) is 10.4 Å². The maximum Gasteiger partial charge on any atom is 0.257 e. The van der Waals surface area contributed by atoms with Crippen molar-refractivity contribution in [3.63, 3.8) is 0 Å². The molecule has 0 atom stereocenters. The highest BCUT2D eigenvalue weighted by Gasteiger charge is 2.14. The van der Waals surface area contributed by atoms with Crippen molar-refractivity contribution >= 4 is 28.7 Å². The van der Waals surface area contributed by atoms with E-state index in [1.165, 1.54) is 0 Å². The molecule has 0 aliphatic carbocycles. The normalized spacial score (nSPS) is 9.32. The predicted octanol–water partition coefficient (Wildman–Crippen LogP) is 4.92. The van der Waals surface area contributed by atoms with Gasteiger partial charge in [0.2, 0.25) is 0 Å². The van der Waals surface area contributed by atoms with E-state index in [9.17, 15) is 10.1 Å². The van der Waals surface area contributed by atoms with Crippen molar-refractivity contribution in [2.45, 2.75) is 0 Å². The summed E-state index contributed by atoms with van der Waals surface area (Å²) in [5.74, 6) is -0.403. The van der Waals surface area contributed by atoms with E-state index in [1.54, 1.807) is 54.6 Å². The van der Waals surface area contributed by atoms with Gasteiger partial charge in [-0.25, -0.2) is 0 Å². The monoisotopic (exact) mass is 404 g/mol. The SMILES string of the molecule is N#CC(C#N)=C(C#N)Nc1ccccc1C(=O)Nc1ccc(Nc2ccccc2)cc1. The van der Waals surface area contributed by atoms with Gasteiger partial charge in [-0.2, -0.15) is 15.8 Å². The summed E-state index contributed by atoms with van der Waals surface area (Å²) in [5, 5.41) is 36.0. The molecule has 31 heavy (non-hydrogen) atoms. The van der Waals surface area contributed by atoms with Crippen LogP contribution in [0, 0.1) is 34.0 Å². The van der Waals surface area contributed by atoms with Gasteiger partial charge in [0.05, 0.1) is 11.3 Å². The maximum absolute atomic E-state index is 12.8. The molecule has 7 heteroatoms. The van der Waals surface area contributed by atoms with E-state index in [1.807, 2.05) is 42.5 Å².